The molecule has 0 spiro atoms. The van der Waals surface area contributed by atoms with Crippen LogP contribution in [0.2, 0.25) is 0 Å². The monoisotopic (exact) mass is 352 g/mol. The standard InChI is InChI=1S/C20H20N2O2S/c23-12-18-11-16-13-25-19(21-17-9-5-2-6-10-17)22-20(16,14-24-18)15-7-3-1-4-8-15/h1-10,12,16,18H,11,13-14H2,(H,21,22). The van der Waals surface area contributed by atoms with Crippen molar-refractivity contribution < 1.29 is 9.53 Å². The van der Waals surface area contributed by atoms with Gasteiger partial charge in [0.25, 0.3) is 0 Å². The number of hydrogen-bond donors (Lipinski definition) is 1. The number of nitrogens with zero attached hydrogens (tertiary/aromatic N) is 1. The number of carbonyl (C=O) groups excluding carboxylic acids is 1. The lowest BCUT2D eigenvalue weighted by molar-refractivity contribution is -0.126. The molecule has 2 aromatic carbocycles. The molecular formula is C20H20N2O2S. The van der Waals surface area contributed by atoms with Gasteiger partial charge in [-0.05, 0) is 24.1 Å². The van der Waals surface area contributed by atoms with Crippen LogP contribution < -0.4 is 5.32 Å². The molecule has 0 radical (unpaired) electrons. The maximum absolute atomic E-state index is 11.2. The number of thioether (sulfide) groups is 1. The number of ether oxygens (including phenoxy) is 1. The topological polar surface area (TPSA) is 50.7 Å². The number of hydrogen-bond acceptors (Lipinski definition) is 5. The van der Waals surface area contributed by atoms with Crippen LogP contribution in [0.4, 0.5) is 5.69 Å². The van der Waals surface area contributed by atoms with Crippen molar-refractivity contribution in [3.05, 3.63) is 66.2 Å². The van der Waals surface area contributed by atoms with Crippen molar-refractivity contribution in [3.8, 4) is 0 Å². The van der Waals surface area contributed by atoms with Crippen molar-refractivity contribution in [2.24, 2.45) is 10.9 Å². The van der Waals surface area contributed by atoms with Crippen molar-refractivity contribution >= 4 is 28.9 Å². The second kappa shape index (κ2) is 7.02. The summed E-state index contributed by atoms with van der Waals surface area (Å²) in [6, 6.07) is 20.4. The van der Waals surface area contributed by atoms with Crippen molar-refractivity contribution in [1.82, 2.24) is 0 Å². The maximum atomic E-state index is 11.2. The molecule has 128 valence electrons. The Morgan fingerprint density at radius 3 is 2.56 bits per heavy atom. The number of carbonyl (C=O) groups is 1. The molecule has 3 atom stereocenters. The quantitative estimate of drug-likeness (QED) is 0.856. The van der Waals surface area contributed by atoms with Crippen LogP contribution in [0, 0.1) is 5.92 Å². The Kier molecular flexibility index (Phi) is 4.59. The molecule has 3 unspecified atom stereocenters. The zero-order chi connectivity index (χ0) is 17.1. The van der Waals surface area contributed by atoms with E-state index < -0.39 is 5.54 Å². The highest BCUT2D eigenvalue weighted by molar-refractivity contribution is 8.14. The molecule has 1 fully saturated rings. The Balaban J connectivity index is 1.70. The van der Waals surface area contributed by atoms with Gasteiger partial charge in [-0.1, -0.05) is 60.3 Å². The second-order valence-electron chi connectivity index (χ2n) is 6.43. The molecule has 4 rings (SSSR count). The third kappa shape index (κ3) is 3.22. The molecule has 2 heterocycles. The molecule has 4 nitrogen and oxygen atoms in total. The summed E-state index contributed by atoms with van der Waals surface area (Å²) < 4.78 is 5.84. The number of para-hydroxylation sites is 1. The summed E-state index contributed by atoms with van der Waals surface area (Å²) in [5.74, 6) is 1.20. The lowest BCUT2D eigenvalue weighted by Crippen LogP contribution is -2.50. The van der Waals surface area contributed by atoms with Crippen LogP contribution in [0.5, 0.6) is 0 Å². The molecule has 0 bridgehead atoms. The van der Waals surface area contributed by atoms with E-state index in [1.165, 1.54) is 0 Å². The molecule has 2 aliphatic rings. The summed E-state index contributed by atoms with van der Waals surface area (Å²) in [6.07, 6.45) is 1.32. The van der Waals surface area contributed by atoms with Crippen LogP contribution in [0.25, 0.3) is 0 Å². The van der Waals surface area contributed by atoms with Crippen LogP contribution in [0.15, 0.2) is 65.7 Å². The van der Waals surface area contributed by atoms with Gasteiger partial charge in [-0.25, -0.2) is 4.99 Å². The molecule has 25 heavy (non-hydrogen) atoms. The van der Waals surface area contributed by atoms with Crippen LogP contribution in [0.1, 0.15) is 12.0 Å². The minimum absolute atomic E-state index is 0.283. The van der Waals surface area contributed by atoms with E-state index in [2.05, 4.69) is 17.4 Å². The largest absolute Gasteiger partial charge is 0.368 e. The summed E-state index contributed by atoms with van der Waals surface area (Å²) >= 11 is 1.72. The number of fused-ring (bicyclic) bond motifs is 1. The number of anilines is 1. The Morgan fingerprint density at radius 2 is 1.84 bits per heavy atom. The van der Waals surface area contributed by atoms with E-state index in [0.29, 0.717) is 13.0 Å². The second-order valence-corrected chi connectivity index (χ2v) is 7.44. The van der Waals surface area contributed by atoms with Gasteiger partial charge in [0.1, 0.15) is 17.9 Å². The van der Waals surface area contributed by atoms with E-state index in [-0.39, 0.29) is 12.0 Å². The van der Waals surface area contributed by atoms with Gasteiger partial charge < -0.3 is 14.8 Å². The summed E-state index contributed by atoms with van der Waals surface area (Å²) in [5, 5.41) is 4.32. The first-order valence-electron chi connectivity index (χ1n) is 8.47. The fourth-order valence-electron chi connectivity index (χ4n) is 3.53. The average Bonchev–Trinajstić information content (AvgIpc) is 2.69. The van der Waals surface area contributed by atoms with Crippen molar-refractivity contribution in [3.63, 3.8) is 0 Å². The van der Waals surface area contributed by atoms with Gasteiger partial charge in [0.2, 0.25) is 0 Å². The fourth-order valence-corrected chi connectivity index (χ4v) is 4.72. The molecule has 2 aromatic rings. The molecule has 0 aliphatic carbocycles. The SMILES string of the molecule is O=CC1CC2CSC(Nc3ccccc3)=NC2(c2ccccc2)CO1. The Labute approximate surface area is 151 Å². The highest BCUT2D eigenvalue weighted by Crippen LogP contribution is 2.46. The van der Waals surface area contributed by atoms with E-state index in [1.807, 2.05) is 48.5 Å². The van der Waals surface area contributed by atoms with Gasteiger partial charge >= 0.3 is 0 Å². The van der Waals surface area contributed by atoms with Crippen molar-refractivity contribution in [2.75, 3.05) is 17.7 Å². The minimum Gasteiger partial charge on any atom is -0.368 e. The zero-order valence-electron chi connectivity index (χ0n) is 13.8. The third-order valence-corrected chi connectivity index (χ3v) is 5.92. The van der Waals surface area contributed by atoms with Crippen LogP contribution in [-0.4, -0.2) is 29.9 Å². The molecule has 0 aromatic heterocycles. The molecule has 5 heteroatoms. The summed E-state index contributed by atoms with van der Waals surface area (Å²) in [5.41, 5.74) is 1.75. The summed E-state index contributed by atoms with van der Waals surface area (Å²) in [7, 11) is 0. The number of nitrogens with one attached hydrogen (secondary N) is 1. The third-order valence-electron chi connectivity index (χ3n) is 4.88. The fraction of sp³-hybridized carbons (Fsp3) is 0.300. The van der Waals surface area contributed by atoms with Gasteiger partial charge in [-0.3, -0.25) is 0 Å². The number of benzene rings is 2. The van der Waals surface area contributed by atoms with Crippen molar-refractivity contribution in [2.45, 2.75) is 18.1 Å². The first-order chi connectivity index (χ1) is 12.3. The van der Waals surface area contributed by atoms with Crippen molar-refractivity contribution in [1.29, 1.82) is 0 Å². The van der Waals surface area contributed by atoms with Crippen LogP contribution >= 0.6 is 11.8 Å². The lowest BCUT2D eigenvalue weighted by atomic mass is 9.75. The van der Waals surface area contributed by atoms with Gasteiger partial charge in [0.15, 0.2) is 5.17 Å². The summed E-state index contributed by atoms with van der Waals surface area (Å²) in [4.78, 5) is 16.3. The predicted molar refractivity (Wildman–Crippen MR) is 102 cm³/mol. The molecule has 0 saturated carbocycles. The maximum Gasteiger partial charge on any atom is 0.162 e. The van der Waals surface area contributed by atoms with Gasteiger partial charge in [0, 0.05) is 17.4 Å². The van der Waals surface area contributed by atoms with E-state index in [0.717, 1.165) is 28.5 Å². The Hall–Kier alpha value is -2.11. The zero-order valence-corrected chi connectivity index (χ0v) is 14.6. The smallest absolute Gasteiger partial charge is 0.162 e. The van der Waals surface area contributed by atoms with E-state index in [9.17, 15) is 4.79 Å². The minimum atomic E-state index is -0.427. The first-order valence-corrected chi connectivity index (χ1v) is 9.46. The average molecular weight is 352 g/mol. The highest BCUT2D eigenvalue weighted by Gasteiger charge is 2.48. The van der Waals surface area contributed by atoms with E-state index in [4.69, 9.17) is 9.73 Å². The number of amidine groups is 1. The van der Waals surface area contributed by atoms with E-state index in [1.54, 1.807) is 11.8 Å². The van der Waals surface area contributed by atoms with Crippen LogP contribution in [0.3, 0.4) is 0 Å². The normalized spacial score (nSPS) is 28.6. The van der Waals surface area contributed by atoms with Gasteiger partial charge in [-0.2, -0.15) is 0 Å². The lowest BCUT2D eigenvalue weighted by Gasteiger charge is -2.45. The molecule has 0 amide bonds. The summed E-state index contributed by atoms with van der Waals surface area (Å²) in [6.45, 7) is 0.436. The van der Waals surface area contributed by atoms with E-state index >= 15 is 0 Å². The molecule has 1 N–H and O–H groups in total. The number of aldehydes is 1. The molecule has 2 aliphatic heterocycles. The predicted octanol–water partition coefficient (Wildman–Crippen LogP) is 3.70. The highest BCUT2D eigenvalue weighted by atomic mass is 32.2. The van der Waals surface area contributed by atoms with Gasteiger partial charge in [-0.15, -0.1) is 0 Å². The number of rotatable bonds is 3. The van der Waals surface area contributed by atoms with Gasteiger partial charge in [0.05, 0.1) is 6.61 Å². The first kappa shape index (κ1) is 16.4. The Bertz CT molecular complexity index is 766. The molecule has 1 saturated heterocycles. The Morgan fingerprint density at radius 1 is 1.12 bits per heavy atom. The van der Waals surface area contributed by atoms with Crippen LogP contribution in [-0.2, 0) is 15.1 Å². The number of aliphatic imine (C=N–C) groups is 1. The molecular weight excluding hydrogens is 332 g/mol.